The normalized spacial score (nSPS) is 12.7. The summed E-state index contributed by atoms with van der Waals surface area (Å²) in [7, 11) is 0. The maximum atomic E-state index is 10.4. The van der Waals surface area contributed by atoms with Crippen LogP contribution in [0, 0.1) is 5.92 Å². The number of carboxylic acid groups (broad SMARTS) is 1. The first kappa shape index (κ1) is 13.7. The Hall–Kier alpha value is -1.35. The average Bonchev–Trinajstić information content (AvgIpc) is 2.26. The molecule has 1 aromatic carbocycles. The molecule has 0 bridgehead atoms. The molecule has 94 valence electrons. The molecule has 0 aliphatic carbocycles. The van der Waals surface area contributed by atoms with Gasteiger partial charge in [-0.25, -0.2) is 0 Å². The van der Waals surface area contributed by atoms with Crippen molar-refractivity contribution >= 4 is 5.97 Å². The van der Waals surface area contributed by atoms with Gasteiger partial charge in [-0.3, -0.25) is 4.79 Å². The summed E-state index contributed by atoms with van der Waals surface area (Å²) in [4.78, 5) is 10.4. The Morgan fingerprint density at radius 3 is 2.29 bits per heavy atom. The molecule has 0 radical (unpaired) electrons. The van der Waals surface area contributed by atoms with Gasteiger partial charge in [0.1, 0.15) is 0 Å². The molecule has 0 amide bonds. The number of rotatable bonds is 6. The van der Waals surface area contributed by atoms with Crippen LogP contribution in [0.5, 0.6) is 0 Å². The highest BCUT2D eigenvalue weighted by molar-refractivity contribution is 5.69. The third-order valence-electron chi connectivity index (χ3n) is 2.68. The Morgan fingerprint density at radius 1 is 1.24 bits per heavy atom. The molecule has 0 aliphatic rings. The maximum absolute atomic E-state index is 10.4. The minimum absolute atomic E-state index is 0.00505. The van der Waals surface area contributed by atoms with E-state index in [1.54, 1.807) is 0 Å². The van der Waals surface area contributed by atoms with Crippen LogP contribution in [0.4, 0.5) is 0 Å². The second-order valence-corrected chi connectivity index (χ2v) is 4.84. The molecule has 0 saturated carbocycles. The SMILES string of the molecule is CC(C)Cc1ccc(C(C)NCC(=O)O)cc1. The summed E-state index contributed by atoms with van der Waals surface area (Å²) in [5.41, 5.74) is 2.45. The van der Waals surface area contributed by atoms with Gasteiger partial charge in [0, 0.05) is 6.04 Å². The summed E-state index contributed by atoms with van der Waals surface area (Å²) in [5.74, 6) is -0.170. The van der Waals surface area contributed by atoms with Crippen LogP contribution in [0.1, 0.15) is 37.9 Å². The molecule has 1 aromatic rings. The van der Waals surface area contributed by atoms with Crippen molar-refractivity contribution in [1.29, 1.82) is 0 Å². The minimum atomic E-state index is -0.826. The number of carbonyl (C=O) groups is 1. The molecule has 0 spiro atoms. The van der Waals surface area contributed by atoms with Crippen LogP contribution in [0.25, 0.3) is 0 Å². The first-order chi connectivity index (χ1) is 7.99. The van der Waals surface area contributed by atoms with Gasteiger partial charge < -0.3 is 10.4 Å². The highest BCUT2D eigenvalue weighted by Crippen LogP contribution is 2.15. The average molecular weight is 235 g/mol. The number of hydrogen-bond donors (Lipinski definition) is 2. The topological polar surface area (TPSA) is 49.3 Å². The van der Waals surface area contributed by atoms with Gasteiger partial charge in [-0.05, 0) is 30.4 Å². The molecular weight excluding hydrogens is 214 g/mol. The zero-order valence-electron chi connectivity index (χ0n) is 10.7. The maximum Gasteiger partial charge on any atom is 0.317 e. The van der Waals surface area contributed by atoms with E-state index in [0.717, 1.165) is 12.0 Å². The highest BCUT2D eigenvalue weighted by Gasteiger charge is 2.06. The van der Waals surface area contributed by atoms with Gasteiger partial charge in [-0.15, -0.1) is 0 Å². The Balaban J connectivity index is 2.57. The Bertz CT molecular complexity index is 357. The van der Waals surface area contributed by atoms with Crippen LogP contribution < -0.4 is 5.32 Å². The Labute approximate surface area is 103 Å². The molecule has 1 rings (SSSR count). The molecule has 3 nitrogen and oxygen atoms in total. The second-order valence-electron chi connectivity index (χ2n) is 4.84. The van der Waals surface area contributed by atoms with Crippen LogP contribution in [0.3, 0.4) is 0 Å². The molecular formula is C14H21NO2. The Morgan fingerprint density at radius 2 is 1.82 bits per heavy atom. The summed E-state index contributed by atoms with van der Waals surface area (Å²) in [6.07, 6.45) is 1.08. The molecule has 0 fully saturated rings. The van der Waals surface area contributed by atoms with E-state index in [0.29, 0.717) is 5.92 Å². The largest absolute Gasteiger partial charge is 0.480 e. The lowest BCUT2D eigenvalue weighted by molar-refractivity contribution is -0.136. The summed E-state index contributed by atoms with van der Waals surface area (Å²) >= 11 is 0. The smallest absolute Gasteiger partial charge is 0.317 e. The zero-order valence-corrected chi connectivity index (χ0v) is 10.7. The first-order valence-corrected chi connectivity index (χ1v) is 6.03. The van der Waals surface area contributed by atoms with E-state index in [-0.39, 0.29) is 12.6 Å². The van der Waals surface area contributed by atoms with E-state index < -0.39 is 5.97 Å². The lowest BCUT2D eigenvalue weighted by Crippen LogP contribution is -2.25. The lowest BCUT2D eigenvalue weighted by atomic mass is 10.00. The third-order valence-corrected chi connectivity index (χ3v) is 2.68. The van der Waals surface area contributed by atoms with Gasteiger partial charge in [0.15, 0.2) is 0 Å². The van der Waals surface area contributed by atoms with Crippen molar-refractivity contribution in [3.05, 3.63) is 35.4 Å². The van der Waals surface area contributed by atoms with E-state index >= 15 is 0 Å². The van der Waals surface area contributed by atoms with Crippen molar-refractivity contribution in [2.45, 2.75) is 33.2 Å². The summed E-state index contributed by atoms with van der Waals surface area (Å²) in [5, 5.41) is 11.5. The van der Waals surface area contributed by atoms with E-state index in [1.165, 1.54) is 5.56 Å². The molecule has 0 aliphatic heterocycles. The fourth-order valence-corrected chi connectivity index (χ4v) is 1.77. The highest BCUT2D eigenvalue weighted by atomic mass is 16.4. The molecule has 1 atom stereocenters. The van der Waals surface area contributed by atoms with Gasteiger partial charge in [0.2, 0.25) is 0 Å². The van der Waals surface area contributed by atoms with Crippen molar-refractivity contribution in [2.75, 3.05) is 6.54 Å². The number of nitrogens with one attached hydrogen (secondary N) is 1. The van der Waals surface area contributed by atoms with Crippen LogP contribution in [-0.4, -0.2) is 17.6 Å². The van der Waals surface area contributed by atoms with Gasteiger partial charge in [0.05, 0.1) is 6.54 Å². The van der Waals surface area contributed by atoms with E-state index in [4.69, 9.17) is 5.11 Å². The van der Waals surface area contributed by atoms with E-state index in [9.17, 15) is 4.79 Å². The third kappa shape index (κ3) is 5.00. The fraction of sp³-hybridized carbons (Fsp3) is 0.500. The fourth-order valence-electron chi connectivity index (χ4n) is 1.77. The monoisotopic (exact) mass is 235 g/mol. The van der Waals surface area contributed by atoms with Crippen LogP contribution in [-0.2, 0) is 11.2 Å². The van der Waals surface area contributed by atoms with Gasteiger partial charge in [0.25, 0.3) is 0 Å². The molecule has 0 aromatic heterocycles. The summed E-state index contributed by atoms with van der Waals surface area (Å²) in [6, 6.07) is 8.44. The zero-order chi connectivity index (χ0) is 12.8. The molecule has 2 N–H and O–H groups in total. The Kier molecular flexibility index (Phi) is 5.16. The second kappa shape index (κ2) is 6.40. The van der Waals surface area contributed by atoms with Gasteiger partial charge in [-0.1, -0.05) is 38.1 Å². The quantitative estimate of drug-likeness (QED) is 0.797. The van der Waals surface area contributed by atoms with Gasteiger partial charge >= 0.3 is 5.97 Å². The van der Waals surface area contributed by atoms with Crippen LogP contribution >= 0.6 is 0 Å². The predicted octanol–water partition coefficient (Wildman–Crippen LogP) is 2.62. The molecule has 17 heavy (non-hydrogen) atoms. The molecule has 0 heterocycles. The molecule has 3 heteroatoms. The van der Waals surface area contributed by atoms with Gasteiger partial charge in [-0.2, -0.15) is 0 Å². The first-order valence-electron chi connectivity index (χ1n) is 6.03. The summed E-state index contributed by atoms with van der Waals surface area (Å²) in [6.45, 7) is 6.37. The van der Waals surface area contributed by atoms with Crippen molar-refractivity contribution in [2.24, 2.45) is 5.92 Å². The lowest BCUT2D eigenvalue weighted by Gasteiger charge is -2.13. The van der Waals surface area contributed by atoms with Crippen molar-refractivity contribution in [3.63, 3.8) is 0 Å². The van der Waals surface area contributed by atoms with Crippen molar-refractivity contribution in [3.8, 4) is 0 Å². The minimum Gasteiger partial charge on any atom is -0.480 e. The molecule has 0 saturated heterocycles. The number of benzene rings is 1. The van der Waals surface area contributed by atoms with E-state index in [1.807, 2.05) is 6.92 Å². The molecule has 1 unspecified atom stereocenters. The van der Waals surface area contributed by atoms with Crippen LogP contribution in [0.2, 0.25) is 0 Å². The van der Waals surface area contributed by atoms with Crippen molar-refractivity contribution < 1.29 is 9.90 Å². The predicted molar refractivity (Wildman–Crippen MR) is 69.0 cm³/mol. The van der Waals surface area contributed by atoms with Crippen LogP contribution in [0.15, 0.2) is 24.3 Å². The number of aliphatic carboxylic acids is 1. The number of hydrogen-bond acceptors (Lipinski definition) is 2. The summed E-state index contributed by atoms with van der Waals surface area (Å²) < 4.78 is 0. The van der Waals surface area contributed by atoms with Crippen molar-refractivity contribution in [1.82, 2.24) is 5.32 Å². The standard InChI is InChI=1S/C14H21NO2/c1-10(2)8-12-4-6-13(7-5-12)11(3)15-9-14(16)17/h4-7,10-11,15H,8-9H2,1-3H3,(H,16,17). The number of carboxylic acids is 1. The van der Waals surface area contributed by atoms with E-state index in [2.05, 4.69) is 43.4 Å².